The number of para-hydroxylation sites is 2. The van der Waals surface area contributed by atoms with Crippen molar-refractivity contribution in [3.8, 4) is 0 Å². The second kappa shape index (κ2) is 12.3. The molecule has 0 aliphatic carbocycles. The number of fused-ring (bicyclic) bond motifs is 1. The second-order valence-electron chi connectivity index (χ2n) is 10.4. The molecule has 1 aliphatic rings. The molecule has 1 fully saturated rings. The van der Waals surface area contributed by atoms with Gasteiger partial charge < -0.3 is 15.5 Å². The number of piperazine rings is 1. The van der Waals surface area contributed by atoms with Crippen molar-refractivity contribution in [3.63, 3.8) is 0 Å². The first-order valence-corrected chi connectivity index (χ1v) is 13.7. The van der Waals surface area contributed by atoms with Gasteiger partial charge in [-0.3, -0.25) is 9.69 Å². The molecule has 0 unspecified atom stereocenters. The summed E-state index contributed by atoms with van der Waals surface area (Å²) in [5, 5.41) is 7.30. The Morgan fingerprint density at radius 2 is 1.67 bits per heavy atom. The summed E-state index contributed by atoms with van der Waals surface area (Å²) in [4.78, 5) is 22.5. The predicted octanol–water partition coefficient (Wildman–Crippen LogP) is 6.18. The zero-order valence-corrected chi connectivity index (χ0v) is 22.7. The number of nitrogens with one attached hydrogen (secondary N) is 2. The maximum absolute atomic E-state index is 14.1. The molecule has 1 aliphatic heterocycles. The Labute approximate surface area is 229 Å². The summed E-state index contributed by atoms with van der Waals surface area (Å²) in [7, 11) is 0. The molecule has 4 aromatic rings. The minimum atomic E-state index is -0.167. The SMILES string of the molecule is CC(C)c1ccc(Nc2cc(C(=O)NCCCN3CCN(c4ccccc4F)CC3)c3ccccc3n2)cc1. The van der Waals surface area contributed by atoms with Gasteiger partial charge in [-0.05, 0) is 60.8 Å². The van der Waals surface area contributed by atoms with Crippen LogP contribution < -0.4 is 15.5 Å². The van der Waals surface area contributed by atoms with Crippen molar-refractivity contribution in [2.45, 2.75) is 26.2 Å². The second-order valence-corrected chi connectivity index (χ2v) is 10.4. The predicted molar refractivity (Wildman–Crippen MR) is 158 cm³/mol. The molecule has 5 rings (SSSR count). The highest BCUT2D eigenvalue weighted by Crippen LogP contribution is 2.25. The molecule has 3 aromatic carbocycles. The van der Waals surface area contributed by atoms with Gasteiger partial charge in [0.05, 0.1) is 16.8 Å². The lowest BCUT2D eigenvalue weighted by Crippen LogP contribution is -2.47. The average Bonchev–Trinajstić information content (AvgIpc) is 2.96. The van der Waals surface area contributed by atoms with Gasteiger partial charge in [0.25, 0.3) is 5.91 Å². The van der Waals surface area contributed by atoms with E-state index in [1.165, 1.54) is 11.6 Å². The molecule has 2 N–H and O–H groups in total. The highest BCUT2D eigenvalue weighted by atomic mass is 19.1. The fourth-order valence-corrected chi connectivity index (χ4v) is 5.05. The molecular weight excluding hydrogens is 489 g/mol. The highest BCUT2D eigenvalue weighted by molar-refractivity contribution is 6.07. The number of pyridine rings is 1. The summed E-state index contributed by atoms with van der Waals surface area (Å²) in [5.74, 6) is 0.844. The van der Waals surface area contributed by atoms with Gasteiger partial charge in [-0.25, -0.2) is 9.37 Å². The van der Waals surface area contributed by atoms with E-state index in [0.717, 1.165) is 55.7 Å². The molecule has 7 heteroatoms. The van der Waals surface area contributed by atoms with Crippen molar-refractivity contribution in [3.05, 3.63) is 95.8 Å². The highest BCUT2D eigenvalue weighted by Gasteiger charge is 2.19. The van der Waals surface area contributed by atoms with Crippen molar-refractivity contribution in [2.75, 3.05) is 49.5 Å². The van der Waals surface area contributed by atoms with Crippen molar-refractivity contribution in [1.29, 1.82) is 0 Å². The van der Waals surface area contributed by atoms with Crippen LogP contribution in [0.4, 0.5) is 21.6 Å². The van der Waals surface area contributed by atoms with Gasteiger partial charge >= 0.3 is 0 Å². The summed E-state index contributed by atoms with van der Waals surface area (Å²) in [6.45, 7) is 9.18. The number of nitrogens with zero attached hydrogens (tertiary/aromatic N) is 3. The molecule has 0 radical (unpaired) electrons. The van der Waals surface area contributed by atoms with E-state index in [1.807, 2.05) is 54.6 Å². The molecular formula is C32H36FN5O. The van der Waals surface area contributed by atoms with Crippen LogP contribution >= 0.6 is 0 Å². The molecule has 0 bridgehead atoms. The van der Waals surface area contributed by atoms with Crippen LogP contribution in [0.5, 0.6) is 0 Å². The standard InChI is InChI=1S/C32H36FN5O/c1-23(2)24-12-14-25(15-13-24)35-31-22-27(26-8-3-5-10-29(26)36-31)32(39)34-16-7-17-37-18-20-38(21-19-37)30-11-6-4-9-28(30)33/h3-6,8-15,22-23H,7,16-21H2,1-2H3,(H,34,39)(H,35,36). The zero-order valence-electron chi connectivity index (χ0n) is 22.7. The molecule has 6 nitrogen and oxygen atoms in total. The average molecular weight is 526 g/mol. The van der Waals surface area contributed by atoms with Gasteiger partial charge in [-0.2, -0.15) is 0 Å². The van der Waals surface area contributed by atoms with Crippen molar-refractivity contribution in [2.24, 2.45) is 0 Å². The quantitative estimate of drug-likeness (QED) is 0.256. The number of anilines is 3. The van der Waals surface area contributed by atoms with E-state index >= 15 is 0 Å². The molecule has 1 saturated heterocycles. The lowest BCUT2D eigenvalue weighted by Gasteiger charge is -2.36. The van der Waals surface area contributed by atoms with Gasteiger partial charge in [0.1, 0.15) is 11.6 Å². The smallest absolute Gasteiger partial charge is 0.252 e. The Kier molecular flexibility index (Phi) is 8.37. The van der Waals surface area contributed by atoms with Crippen LogP contribution in [0.2, 0.25) is 0 Å². The Hall–Kier alpha value is -3.97. The van der Waals surface area contributed by atoms with E-state index in [0.29, 0.717) is 29.5 Å². The number of benzene rings is 3. The van der Waals surface area contributed by atoms with E-state index < -0.39 is 0 Å². The van der Waals surface area contributed by atoms with E-state index in [4.69, 9.17) is 4.98 Å². The molecule has 2 heterocycles. The number of hydrogen-bond donors (Lipinski definition) is 2. The minimum Gasteiger partial charge on any atom is -0.367 e. The van der Waals surface area contributed by atoms with Gasteiger partial charge in [-0.15, -0.1) is 0 Å². The first-order valence-electron chi connectivity index (χ1n) is 13.7. The number of aromatic nitrogens is 1. The lowest BCUT2D eigenvalue weighted by molar-refractivity contribution is 0.0953. The van der Waals surface area contributed by atoms with Crippen molar-refractivity contribution >= 4 is 34.0 Å². The number of carbonyl (C=O) groups excluding carboxylic acids is 1. The van der Waals surface area contributed by atoms with Crippen LogP contribution in [0, 0.1) is 5.82 Å². The third-order valence-corrected chi connectivity index (χ3v) is 7.31. The fraction of sp³-hybridized carbons (Fsp3) is 0.312. The van der Waals surface area contributed by atoms with Crippen molar-refractivity contribution < 1.29 is 9.18 Å². The zero-order chi connectivity index (χ0) is 27.2. The third-order valence-electron chi connectivity index (χ3n) is 7.31. The monoisotopic (exact) mass is 525 g/mol. The molecule has 0 spiro atoms. The Morgan fingerprint density at radius 1 is 0.949 bits per heavy atom. The van der Waals surface area contributed by atoms with E-state index in [-0.39, 0.29) is 11.7 Å². The number of rotatable bonds is 9. The summed E-state index contributed by atoms with van der Waals surface area (Å²) >= 11 is 0. The first kappa shape index (κ1) is 26.6. The fourth-order valence-electron chi connectivity index (χ4n) is 5.05. The van der Waals surface area contributed by atoms with Crippen LogP contribution in [0.15, 0.2) is 78.9 Å². The first-order chi connectivity index (χ1) is 19.0. The molecule has 202 valence electrons. The van der Waals surface area contributed by atoms with Gasteiger partial charge in [0, 0.05) is 43.8 Å². The molecule has 0 atom stereocenters. The number of carbonyl (C=O) groups is 1. The van der Waals surface area contributed by atoms with Crippen LogP contribution in [-0.2, 0) is 0 Å². The maximum atomic E-state index is 14.1. The van der Waals surface area contributed by atoms with E-state index in [2.05, 4.69) is 46.4 Å². The van der Waals surface area contributed by atoms with Crippen LogP contribution in [-0.4, -0.2) is 55.1 Å². The number of halogens is 1. The van der Waals surface area contributed by atoms with Crippen LogP contribution in [0.1, 0.15) is 42.1 Å². The number of amides is 1. The summed E-state index contributed by atoms with van der Waals surface area (Å²) in [5.41, 5.74) is 4.28. The molecule has 39 heavy (non-hydrogen) atoms. The van der Waals surface area contributed by atoms with E-state index in [1.54, 1.807) is 6.07 Å². The third kappa shape index (κ3) is 6.55. The maximum Gasteiger partial charge on any atom is 0.252 e. The van der Waals surface area contributed by atoms with Crippen molar-refractivity contribution in [1.82, 2.24) is 15.2 Å². The normalized spacial score (nSPS) is 14.1. The summed E-state index contributed by atoms with van der Waals surface area (Å²) in [6, 6.07) is 24.8. The Morgan fingerprint density at radius 3 is 2.41 bits per heavy atom. The molecule has 0 saturated carbocycles. The number of hydrogen-bond acceptors (Lipinski definition) is 5. The Balaban J connectivity index is 1.16. The summed E-state index contributed by atoms with van der Waals surface area (Å²) < 4.78 is 14.1. The van der Waals surface area contributed by atoms with Crippen LogP contribution in [0.25, 0.3) is 10.9 Å². The van der Waals surface area contributed by atoms with Gasteiger partial charge in [0.15, 0.2) is 0 Å². The topological polar surface area (TPSA) is 60.5 Å². The molecule has 1 aromatic heterocycles. The minimum absolute atomic E-state index is 0.101. The largest absolute Gasteiger partial charge is 0.367 e. The van der Waals surface area contributed by atoms with Gasteiger partial charge in [-0.1, -0.05) is 56.3 Å². The molecule has 1 amide bonds. The summed E-state index contributed by atoms with van der Waals surface area (Å²) in [6.07, 6.45) is 0.849. The van der Waals surface area contributed by atoms with E-state index in [9.17, 15) is 9.18 Å². The van der Waals surface area contributed by atoms with Gasteiger partial charge in [0.2, 0.25) is 0 Å². The van der Waals surface area contributed by atoms with Crippen LogP contribution in [0.3, 0.4) is 0 Å². The lowest BCUT2D eigenvalue weighted by atomic mass is 10.0. The Bertz CT molecular complexity index is 1410.